The van der Waals surface area contributed by atoms with Gasteiger partial charge in [0, 0.05) is 18.1 Å². The molecule has 3 rings (SSSR count). The molecular weight excluding hydrogens is 534 g/mol. The Morgan fingerprint density at radius 3 is 2.48 bits per heavy atom. The van der Waals surface area contributed by atoms with Crippen molar-refractivity contribution >= 4 is 40.5 Å². The van der Waals surface area contributed by atoms with Crippen LogP contribution in [0.15, 0.2) is 49.2 Å². The third kappa shape index (κ3) is 8.25. The predicted molar refractivity (Wildman–Crippen MR) is 163 cm³/mol. The number of nitrogens with zero attached hydrogens (tertiary/aromatic N) is 2. The summed E-state index contributed by atoms with van der Waals surface area (Å²) in [4.78, 5) is 56.1. The fourth-order valence-electron chi connectivity index (χ4n) is 4.77. The first kappa shape index (κ1) is 32.5. The van der Waals surface area contributed by atoms with Gasteiger partial charge in [-0.05, 0) is 68.7 Å². The van der Waals surface area contributed by atoms with E-state index >= 15 is 0 Å². The van der Waals surface area contributed by atoms with Crippen molar-refractivity contribution in [3.8, 4) is 0 Å². The average Bonchev–Trinajstić information content (AvgIpc) is 2.98. The van der Waals surface area contributed by atoms with Gasteiger partial charge in [0.2, 0.25) is 11.8 Å². The minimum atomic E-state index is -0.877. The van der Waals surface area contributed by atoms with Crippen molar-refractivity contribution < 1.29 is 23.9 Å². The van der Waals surface area contributed by atoms with E-state index in [2.05, 4.69) is 27.6 Å². The zero-order chi connectivity index (χ0) is 31.0. The second-order valence-corrected chi connectivity index (χ2v) is 11.1. The number of nitrogens with one attached hydrogen (secondary N) is 3. The van der Waals surface area contributed by atoms with Crippen LogP contribution < -0.4 is 16.1 Å². The second-order valence-electron chi connectivity index (χ2n) is 11.1. The van der Waals surface area contributed by atoms with Gasteiger partial charge in [0.1, 0.15) is 24.2 Å². The molecule has 1 aromatic carbocycles. The topological polar surface area (TPSA) is 130 Å². The molecule has 5 atom stereocenters. The molecule has 0 saturated carbocycles. The molecule has 0 radical (unpaired) electrons. The van der Waals surface area contributed by atoms with Gasteiger partial charge >= 0.3 is 5.97 Å². The number of hydrogen-bond donors (Lipinski definition) is 3. The van der Waals surface area contributed by atoms with Crippen LogP contribution >= 0.6 is 0 Å². The standard InChI is InChI=1S/C32H43N5O5/c1-8-11-20(5)29(38)35-28(19(3)4)30(39)34-21(6)31(40)37-15-10-12-27(36-37)32(41)42-22(7)23-13-14-24-18-33-26(9-2)17-25(24)16-23/h8-9,11,13-14,16-22,27-28,36H,2,10,12,15H2,1,3-7H3,(H,34,39)(H,35,38)/b11-8+/t20?,21-,22+,27?,28-/m0/s1. The Kier molecular flexibility index (Phi) is 11.4. The first-order chi connectivity index (χ1) is 19.9. The van der Waals surface area contributed by atoms with Crippen molar-refractivity contribution in [2.45, 2.75) is 78.6 Å². The molecule has 42 heavy (non-hydrogen) atoms. The Labute approximate surface area is 247 Å². The molecule has 3 N–H and O–H groups in total. The van der Waals surface area contributed by atoms with Crippen LogP contribution in [-0.4, -0.2) is 58.4 Å². The monoisotopic (exact) mass is 577 g/mol. The number of carbonyl (C=O) groups is 4. The molecule has 10 heteroatoms. The molecule has 0 bridgehead atoms. The van der Waals surface area contributed by atoms with Gasteiger partial charge in [-0.1, -0.05) is 51.6 Å². The van der Waals surface area contributed by atoms with E-state index in [4.69, 9.17) is 4.74 Å². The predicted octanol–water partition coefficient (Wildman–Crippen LogP) is 3.84. The maximum absolute atomic E-state index is 13.2. The highest BCUT2D eigenvalue weighted by Crippen LogP contribution is 2.24. The minimum Gasteiger partial charge on any atom is -0.457 e. The van der Waals surface area contributed by atoms with E-state index in [1.807, 2.05) is 45.0 Å². The van der Waals surface area contributed by atoms with Crippen LogP contribution in [0.2, 0.25) is 0 Å². The number of allylic oxidation sites excluding steroid dienone is 1. The molecule has 2 heterocycles. The molecule has 3 amide bonds. The Hall–Kier alpha value is -4.05. The van der Waals surface area contributed by atoms with Gasteiger partial charge in [0.25, 0.3) is 5.91 Å². The summed E-state index contributed by atoms with van der Waals surface area (Å²) in [5.74, 6) is -2.13. The van der Waals surface area contributed by atoms with Gasteiger partial charge in [-0.3, -0.25) is 29.2 Å². The van der Waals surface area contributed by atoms with Gasteiger partial charge in [0.15, 0.2) is 0 Å². The van der Waals surface area contributed by atoms with E-state index in [-0.39, 0.29) is 23.7 Å². The summed E-state index contributed by atoms with van der Waals surface area (Å²) in [7, 11) is 0. The summed E-state index contributed by atoms with van der Waals surface area (Å²) in [5.41, 5.74) is 4.58. The number of amides is 3. The average molecular weight is 578 g/mol. The number of aromatic nitrogens is 1. The van der Waals surface area contributed by atoms with E-state index in [1.54, 1.807) is 45.2 Å². The highest BCUT2D eigenvalue weighted by Gasteiger charge is 2.34. The molecule has 1 aliphatic rings. The van der Waals surface area contributed by atoms with Crippen LogP contribution in [0.4, 0.5) is 0 Å². The van der Waals surface area contributed by atoms with E-state index in [0.717, 1.165) is 22.0 Å². The fraction of sp³-hybridized carbons (Fsp3) is 0.469. The number of ether oxygens (including phenoxy) is 1. The maximum Gasteiger partial charge on any atom is 0.325 e. The molecule has 1 aliphatic heterocycles. The van der Waals surface area contributed by atoms with E-state index < -0.39 is 36.1 Å². The smallest absolute Gasteiger partial charge is 0.325 e. The summed E-state index contributed by atoms with van der Waals surface area (Å²) in [6.45, 7) is 14.8. The SMILES string of the molecule is C=Cc1cc2cc([C@@H](C)OC(=O)C3CCCN(C(=O)[C@H](C)NC(=O)[C@@H](NC(=O)C(C)/C=C/C)C(C)C)N3)ccc2cn1. The number of rotatable bonds is 11. The van der Waals surface area contributed by atoms with Gasteiger partial charge in [-0.2, -0.15) is 0 Å². The van der Waals surface area contributed by atoms with E-state index in [9.17, 15) is 19.2 Å². The number of pyridine rings is 1. The zero-order valence-corrected chi connectivity index (χ0v) is 25.3. The summed E-state index contributed by atoms with van der Waals surface area (Å²) >= 11 is 0. The third-order valence-corrected chi connectivity index (χ3v) is 7.35. The molecule has 226 valence electrons. The maximum atomic E-state index is 13.2. The lowest BCUT2D eigenvalue weighted by atomic mass is 10.0. The third-order valence-electron chi connectivity index (χ3n) is 7.35. The van der Waals surface area contributed by atoms with Crippen molar-refractivity contribution in [1.82, 2.24) is 26.1 Å². The number of carbonyl (C=O) groups excluding carboxylic acids is 4. The molecule has 10 nitrogen and oxygen atoms in total. The molecule has 2 aromatic rings. The number of fused-ring (bicyclic) bond motifs is 1. The molecule has 2 unspecified atom stereocenters. The molecule has 1 fully saturated rings. The van der Waals surface area contributed by atoms with Crippen LogP contribution in [0.25, 0.3) is 16.8 Å². The van der Waals surface area contributed by atoms with Crippen molar-refractivity contribution in [3.63, 3.8) is 0 Å². The van der Waals surface area contributed by atoms with E-state index in [1.165, 1.54) is 5.01 Å². The van der Waals surface area contributed by atoms with Gasteiger partial charge in [0.05, 0.1) is 11.6 Å². The van der Waals surface area contributed by atoms with Gasteiger partial charge in [-0.15, -0.1) is 0 Å². The van der Waals surface area contributed by atoms with Crippen molar-refractivity contribution in [1.29, 1.82) is 0 Å². The quantitative estimate of drug-likeness (QED) is 0.273. The molecule has 0 spiro atoms. The summed E-state index contributed by atoms with van der Waals surface area (Å²) in [5, 5.41) is 8.81. The van der Waals surface area contributed by atoms with Crippen LogP contribution in [0.5, 0.6) is 0 Å². The Balaban J connectivity index is 1.59. The largest absolute Gasteiger partial charge is 0.457 e. The normalized spacial score (nSPS) is 18.3. The second kappa shape index (κ2) is 14.7. The van der Waals surface area contributed by atoms with Crippen LogP contribution in [-0.2, 0) is 23.9 Å². The summed E-state index contributed by atoms with van der Waals surface area (Å²) < 4.78 is 5.78. The molecule has 1 saturated heterocycles. The first-order valence-electron chi connectivity index (χ1n) is 14.5. The lowest BCUT2D eigenvalue weighted by Gasteiger charge is -2.35. The van der Waals surface area contributed by atoms with Gasteiger partial charge < -0.3 is 15.4 Å². The van der Waals surface area contributed by atoms with Crippen LogP contribution in [0.1, 0.15) is 71.7 Å². The highest BCUT2D eigenvalue weighted by atomic mass is 16.5. The Bertz CT molecular complexity index is 1340. The van der Waals surface area contributed by atoms with Crippen LogP contribution in [0, 0.1) is 11.8 Å². The molecular formula is C32H43N5O5. The summed E-state index contributed by atoms with van der Waals surface area (Å²) in [6, 6.07) is 5.34. The van der Waals surface area contributed by atoms with Crippen LogP contribution in [0.3, 0.4) is 0 Å². The lowest BCUT2D eigenvalue weighted by molar-refractivity contribution is -0.157. The number of hydrazine groups is 1. The molecule has 0 aliphatic carbocycles. The zero-order valence-electron chi connectivity index (χ0n) is 25.3. The van der Waals surface area contributed by atoms with E-state index in [0.29, 0.717) is 19.4 Å². The summed E-state index contributed by atoms with van der Waals surface area (Å²) in [6.07, 6.45) is 7.58. The van der Waals surface area contributed by atoms with Gasteiger partial charge in [-0.25, -0.2) is 5.43 Å². The number of benzene rings is 1. The Morgan fingerprint density at radius 1 is 1.07 bits per heavy atom. The minimum absolute atomic E-state index is 0.188. The highest BCUT2D eigenvalue weighted by molar-refractivity contribution is 5.93. The molecule has 1 aromatic heterocycles. The Morgan fingerprint density at radius 2 is 1.81 bits per heavy atom. The lowest BCUT2D eigenvalue weighted by Crippen LogP contribution is -2.61. The van der Waals surface area contributed by atoms with Crippen molar-refractivity contribution in [3.05, 3.63) is 60.5 Å². The number of esters is 1. The van der Waals surface area contributed by atoms with Crippen molar-refractivity contribution in [2.75, 3.05) is 6.54 Å². The first-order valence-corrected chi connectivity index (χ1v) is 14.5. The number of hydrogen-bond acceptors (Lipinski definition) is 7. The van der Waals surface area contributed by atoms with Crippen molar-refractivity contribution in [2.24, 2.45) is 11.8 Å². The fourth-order valence-corrected chi connectivity index (χ4v) is 4.77.